The number of carbonyl (C=O) groups excluding carboxylic acids is 1. The third kappa shape index (κ3) is 2.09. The van der Waals surface area contributed by atoms with E-state index < -0.39 is 11.1 Å². The molecule has 0 aliphatic heterocycles. The van der Waals surface area contributed by atoms with Gasteiger partial charge in [0.05, 0.1) is 22.2 Å². The number of carbonyl (C=O) groups is 1. The number of H-pyrrole nitrogens is 2. The molecule has 0 saturated heterocycles. The second-order valence-corrected chi connectivity index (χ2v) is 3.66. The molecule has 0 atom stereocenters. The molecule has 0 unspecified atom stereocenters. The van der Waals surface area contributed by atoms with Crippen LogP contribution in [0, 0.1) is 0 Å². The number of fused-ring (bicyclic) bond motifs is 1. The molecule has 0 saturated carbocycles. The first-order valence-electron chi connectivity index (χ1n) is 4.78. The average molecular weight is 251 g/mol. The molecule has 0 aliphatic carbocycles. The van der Waals surface area contributed by atoms with Crippen LogP contribution in [0.3, 0.4) is 0 Å². The maximum Gasteiger partial charge on any atom is 0.272 e. The van der Waals surface area contributed by atoms with Crippen molar-refractivity contribution in [3.63, 3.8) is 0 Å². The number of rotatable bonds is 2. The number of hydrogen-bond acceptors (Lipinski definition) is 4. The maximum absolute atomic E-state index is 11.6. The highest BCUT2D eigenvalue weighted by Crippen LogP contribution is 2.16. The van der Waals surface area contributed by atoms with E-state index in [0.29, 0.717) is 5.69 Å². The summed E-state index contributed by atoms with van der Waals surface area (Å²) in [5.41, 5.74) is -0.579. The molecule has 2 rings (SSSR count). The van der Waals surface area contributed by atoms with Crippen molar-refractivity contribution in [3.05, 3.63) is 38.9 Å². The van der Waals surface area contributed by atoms with Crippen molar-refractivity contribution < 1.29 is 4.79 Å². The van der Waals surface area contributed by atoms with Gasteiger partial charge in [-0.05, 0) is 12.1 Å². The number of aromatic amines is 2. The van der Waals surface area contributed by atoms with Gasteiger partial charge in [0, 0.05) is 0 Å². The Balaban J connectivity index is 2.73. The Morgan fingerprint density at radius 1 is 1.24 bits per heavy atom. The lowest BCUT2D eigenvalue weighted by atomic mass is 10.1. The number of thiol groups is 1. The summed E-state index contributed by atoms with van der Waals surface area (Å²) in [6.07, 6.45) is 0. The summed E-state index contributed by atoms with van der Waals surface area (Å²) in [5.74, 6) is -0.349. The second kappa shape index (κ2) is 4.46. The molecule has 0 bridgehead atoms. The van der Waals surface area contributed by atoms with Gasteiger partial charge in [-0.3, -0.25) is 24.6 Å². The van der Waals surface area contributed by atoms with Crippen LogP contribution in [0.1, 0.15) is 0 Å². The third-order valence-corrected chi connectivity index (χ3v) is 2.53. The number of hydrogen-bond donors (Lipinski definition) is 4. The smallest absolute Gasteiger partial charge is 0.272 e. The summed E-state index contributed by atoms with van der Waals surface area (Å²) in [7, 11) is 0. The van der Waals surface area contributed by atoms with Crippen molar-refractivity contribution in [2.24, 2.45) is 0 Å². The third-order valence-electron chi connectivity index (χ3n) is 2.24. The van der Waals surface area contributed by atoms with Gasteiger partial charge in [-0.15, -0.1) is 0 Å². The zero-order chi connectivity index (χ0) is 12.4. The highest BCUT2D eigenvalue weighted by Gasteiger charge is 2.09. The number of nitrogens with one attached hydrogen (secondary N) is 3. The van der Waals surface area contributed by atoms with Gasteiger partial charge in [-0.1, -0.05) is 6.07 Å². The van der Waals surface area contributed by atoms with E-state index in [0.717, 1.165) is 0 Å². The van der Waals surface area contributed by atoms with Gasteiger partial charge < -0.3 is 5.32 Å². The van der Waals surface area contributed by atoms with Crippen molar-refractivity contribution in [2.75, 3.05) is 11.1 Å². The normalized spacial score (nSPS) is 10.4. The first-order chi connectivity index (χ1) is 8.13. The fourth-order valence-corrected chi connectivity index (χ4v) is 1.60. The molecule has 3 N–H and O–H groups in total. The summed E-state index contributed by atoms with van der Waals surface area (Å²) in [5, 5.41) is 7.33. The van der Waals surface area contributed by atoms with Crippen LogP contribution < -0.4 is 16.4 Å². The summed E-state index contributed by atoms with van der Waals surface area (Å²) in [4.78, 5) is 34.3. The van der Waals surface area contributed by atoms with E-state index in [1.807, 2.05) is 0 Å². The van der Waals surface area contributed by atoms with Gasteiger partial charge in [0.25, 0.3) is 11.1 Å². The van der Waals surface area contributed by atoms with E-state index in [1.54, 1.807) is 12.1 Å². The first-order valence-corrected chi connectivity index (χ1v) is 5.41. The molecule has 88 valence electrons. The molecular formula is C10H9N3O3S. The molecular weight excluding hydrogens is 242 g/mol. The minimum Gasteiger partial charge on any atom is -0.325 e. The topological polar surface area (TPSA) is 94.8 Å². The number of anilines is 1. The van der Waals surface area contributed by atoms with E-state index in [-0.39, 0.29) is 22.4 Å². The van der Waals surface area contributed by atoms with E-state index in [2.05, 4.69) is 28.1 Å². The van der Waals surface area contributed by atoms with Crippen LogP contribution in [-0.2, 0) is 4.79 Å². The van der Waals surface area contributed by atoms with Gasteiger partial charge in [-0.2, -0.15) is 12.6 Å². The lowest BCUT2D eigenvalue weighted by Crippen LogP contribution is -2.21. The molecule has 17 heavy (non-hydrogen) atoms. The minimum atomic E-state index is -0.463. The van der Waals surface area contributed by atoms with E-state index in [4.69, 9.17) is 0 Å². The predicted molar refractivity (Wildman–Crippen MR) is 67.7 cm³/mol. The van der Waals surface area contributed by atoms with Crippen molar-refractivity contribution in [1.29, 1.82) is 0 Å². The summed E-state index contributed by atoms with van der Waals surface area (Å²) >= 11 is 3.82. The Morgan fingerprint density at radius 2 is 1.94 bits per heavy atom. The van der Waals surface area contributed by atoms with Crippen molar-refractivity contribution in [1.82, 2.24) is 10.2 Å². The molecule has 1 aromatic heterocycles. The van der Waals surface area contributed by atoms with Crippen LogP contribution in [0.25, 0.3) is 10.8 Å². The molecule has 1 aromatic carbocycles. The summed E-state index contributed by atoms with van der Waals surface area (Å²) in [6, 6.07) is 4.66. The second-order valence-electron chi connectivity index (χ2n) is 3.34. The highest BCUT2D eigenvalue weighted by atomic mass is 32.1. The Labute approximate surface area is 100 Å². The summed E-state index contributed by atoms with van der Waals surface area (Å²) in [6.45, 7) is 0. The molecule has 1 amide bonds. The quantitative estimate of drug-likeness (QED) is 0.569. The van der Waals surface area contributed by atoms with Crippen LogP contribution >= 0.6 is 12.6 Å². The molecule has 0 spiro atoms. The Kier molecular flexibility index (Phi) is 3.01. The number of amides is 1. The Morgan fingerprint density at radius 3 is 2.65 bits per heavy atom. The standard InChI is InChI=1S/C10H9N3O3S/c14-7(4-17)11-6-3-1-2-5-8(6)10(16)13-12-9(5)15/h1-3,17H,4H2,(H,11,14)(H,12,15)(H,13,16). The van der Waals surface area contributed by atoms with Crippen LogP contribution in [0.4, 0.5) is 5.69 Å². The monoisotopic (exact) mass is 251 g/mol. The predicted octanol–water partition coefficient (Wildman–Crippen LogP) is 0.0847. The van der Waals surface area contributed by atoms with Crippen molar-refractivity contribution in [2.45, 2.75) is 0 Å². The zero-order valence-corrected chi connectivity index (χ0v) is 9.51. The lowest BCUT2D eigenvalue weighted by molar-refractivity contribution is -0.113. The average Bonchev–Trinajstić information content (AvgIpc) is 2.34. The molecule has 2 aromatic rings. The van der Waals surface area contributed by atoms with Crippen molar-refractivity contribution in [3.8, 4) is 0 Å². The fraction of sp³-hybridized carbons (Fsp3) is 0.100. The Hall–Kier alpha value is -2.02. The summed E-state index contributed by atoms with van der Waals surface area (Å²) < 4.78 is 0. The maximum atomic E-state index is 11.6. The fourth-order valence-electron chi connectivity index (χ4n) is 1.52. The SMILES string of the molecule is O=C(CS)Nc1cccc2c(=O)[nH][nH]c(=O)c12. The van der Waals surface area contributed by atoms with Crippen LogP contribution in [0.5, 0.6) is 0 Å². The number of aromatic nitrogens is 2. The van der Waals surface area contributed by atoms with Crippen LogP contribution in [0.15, 0.2) is 27.8 Å². The van der Waals surface area contributed by atoms with Gasteiger partial charge in [0.15, 0.2) is 0 Å². The number of benzene rings is 1. The van der Waals surface area contributed by atoms with E-state index in [1.165, 1.54) is 6.07 Å². The molecule has 1 heterocycles. The Bertz CT molecular complexity index is 689. The molecule has 7 heteroatoms. The highest BCUT2D eigenvalue weighted by molar-refractivity contribution is 7.81. The van der Waals surface area contributed by atoms with Gasteiger partial charge in [0.1, 0.15) is 0 Å². The first kappa shape index (κ1) is 11.5. The van der Waals surface area contributed by atoms with E-state index >= 15 is 0 Å². The lowest BCUT2D eigenvalue weighted by Gasteiger charge is -2.05. The molecule has 0 fully saturated rings. The van der Waals surface area contributed by atoms with Gasteiger partial charge in [-0.25, -0.2) is 0 Å². The van der Waals surface area contributed by atoms with Gasteiger partial charge >= 0.3 is 0 Å². The zero-order valence-electron chi connectivity index (χ0n) is 8.61. The molecule has 0 aliphatic rings. The van der Waals surface area contributed by atoms with Crippen molar-refractivity contribution >= 4 is 35.0 Å². The largest absolute Gasteiger partial charge is 0.325 e. The van der Waals surface area contributed by atoms with Gasteiger partial charge in [0.2, 0.25) is 5.91 Å². The van der Waals surface area contributed by atoms with E-state index in [9.17, 15) is 14.4 Å². The van der Waals surface area contributed by atoms with Crippen LogP contribution in [0.2, 0.25) is 0 Å². The minimum absolute atomic E-state index is 0.00250. The molecule has 6 nitrogen and oxygen atoms in total. The molecule has 0 radical (unpaired) electrons. The van der Waals surface area contributed by atoms with Crippen LogP contribution in [-0.4, -0.2) is 21.9 Å².